The third-order valence-electron chi connectivity index (χ3n) is 18.7. The summed E-state index contributed by atoms with van der Waals surface area (Å²) in [7, 11) is 1.18. The van der Waals surface area contributed by atoms with Crippen molar-refractivity contribution in [2.45, 2.75) is 418 Å². The van der Waals surface area contributed by atoms with E-state index >= 15 is 0 Å². The molecule has 0 aromatic heterocycles. The highest BCUT2D eigenvalue weighted by molar-refractivity contribution is 7.45. The van der Waals surface area contributed by atoms with Gasteiger partial charge in [-0.05, 0) is 64.2 Å². The Hall–Kier alpha value is -2.55. The average molecular weight is 1370 g/mol. The second kappa shape index (κ2) is 76.6. The fourth-order valence-corrected chi connectivity index (χ4v) is 13.2. The van der Waals surface area contributed by atoms with E-state index in [1.165, 1.54) is 302 Å². The number of phosphoric acid groups is 1. The van der Waals surface area contributed by atoms with Crippen molar-refractivity contribution in [1.82, 2.24) is 0 Å². The summed E-state index contributed by atoms with van der Waals surface area (Å²) >= 11 is 0. The van der Waals surface area contributed by atoms with Gasteiger partial charge in [-0.2, -0.15) is 0 Å². The zero-order valence-corrected chi connectivity index (χ0v) is 65.2. The first-order valence-electron chi connectivity index (χ1n) is 41.6. The maximum atomic E-state index is 12.9. The molecule has 0 fully saturated rings. The van der Waals surface area contributed by atoms with E-state index in [9.17, 15) is 19.0 Å². The van der Waals surface area contributed by atoms with Crippen LogP contribution in [0.1, 0.15) is 412 Å². The summed E-state index contributed by atoms with van der Waals surface area (Å²) < 4.78 is 34.4. The first-order valence-corrected chi connectivity index (χ1v) is 43.1. The molecule has 0 heterocycles. The molecular weight excluding hydrogens is 1210 g/mol. The van der Waals surface area contributed by atoms with Crippen LogP contribution >= 0.6 is 7.82 Å². The molecule has 0 aromatic rings. The fourth-order valence-electron chi connectivity index (χ4n) is 12.4. The van der Waals surface area contributed by atoms with Gasteiger partial charge in [-0.15, -0.1) is 0 Å². The SMILES string of the molecule is CC/C=C\C/C=C\C/C=C\C/C=C\C/C=C\C/C=C\CCCCCCCCCCCCCCCCCCC(=O)OC(COC(=O)CCCCCCCCCCCCCCCCCCCCCCCCCCCCCCCCCCCCCCC)COP(=O)([O-])OCC[N+](C)(C)C. The number of likely N-dealkylation sites (N-methyl/N-ethyl adjacent to an activating group) is 1. The Morgan fingerprint density at radius 2 is 0.594 bits per heavy atom. The van der Waals surface area contributed by atoms with E-state index in [1.54, 1.807) is 0 Å². The highest BCUT2D eigenvalue weighted by Gasteiger charge is 2.22. The van der Waals surface area contributed by atoms with Crippen molar-refractivity contribution in [2.24, 2.45) is 0 Å². The second-order valence-corrected chi connectivity index (χ2v) is 30.9. The normalized spacial score (nSPS) is 13.4. The summed E-state index contributed by atoms with van der Waals surface area (Å²) in [5.74, 6) is -0.813. The smallest absolute Gasteiger partial charge is 0.306 e. The molecule has 0 bridgehead atoms. The van der Waals surface area contributed by atoms with Gasteiger partial charge >= 0.3 is 11.9 Å². The third kappa shape index (κ3) is 80.4. The summed E-state index contributed by atoms with van der Waals surface area (Å²) in [6.07, 6.45) is 105. The molecule has 96 heavy (non-hydrogen) atoms. The number of ether oxygens (including phenoxy) is 2. The lowest BCUT2D eigenvalue weighted by molar-refractivity contribution is -0.870. The standard InChI is InChI=1S/C86H160NO8P/c1-6-8-10-12-14-16-18-20-22-24-26-28-30-32-34-36-38-40-42-43-45-46-48-50-52-54-56-58-60-62-64-66-68-70-72-74-76-78-85(88)92-82-84(83-94-96(90,91)93-81-80-87(3,4)5)95-86(89)79-77-75-73-71-69-67-65-63-61-59-57-55-53-51-49-47-44-41-39-37-35-33-31-29-27-25-23-21-19-17-15-13-11-9-7-2/h9,11,15,17,21,23,27,29,33,35,39,41,84H,6-8,10,12-14,16,18-20,22,24-26,28,30-32,34,36-38,40,42-83H2,1-5H3/b11-9-,17-15-,23-21-,29-27-,35-33-,41-39-. The number of allylic oxidation sites excluding steroid dienone is 12. The first kappa shape index (κ1) is 93.5. The van der Waals surface area contributed by atoms with Gasteiger partial charge < -0.3 is 27.9 Å². The molecule has 0 aromatic carbocycles. The van der Waals surface area contributed by atoms with E-state index in [2.05, 4.69) is 86.8 Å². The number of carbonyl (C=O) groups excluding carboxylic acids is 2. The zero-order chi connectivity index (χ0) is 69.7. The molecule has 0 aliphatic heterocycles. The molecule has 0 saturated heterocycles. The minimum absolute atomic E-state index is 0.0298. The van der Waals surface area contributed by atoms with E-state index in [-0.39, 0.29) is 32.0 Å². The molecule has 9 nitrogen and oxygen atoms in total. The molecule has 0 aliphatic carbocycles. The molecular formula is C86H160NO8P. The van der Waals surface area contributed by atoms with Gasteiger partial charge in [0, 0.05) is 12.8 Å². The van der Waals surface area contributed by atoms with Gasteiger partial charge in [-0.25, -0.2) is 0 Å². The Morgan fingerprint density at radius 3 is 0.885 bits per heavy atom. The molecule has 2 atom stereocenters. The number of unbranched alkanes of at least 4 members (excludes halogenated alkanes) is 52. The number of rotatable bonds is 78. The highest BCUT2D eigenvalue weighted by atomic mass is 31.2. The summed E-state index contributed by atoms with van der Waals surface area (Å²) in [6.45, 7) is 4.20. The molecule has 0 amide bonds. The number of phosphoric ester groups is 1. The van der Waals surface area contributed by atoms with Gasteiger partial charge in [0.1, 0.15) is 19.8 Å². The van der Waals surface area contributed by atoms with Gasteiger partial charge in [0.05, 0.1) is 27.7 Å². The van der Waals surface area contributed by atoms with Crippen LogP contribution in [-0.4, -0.2) is 70.0 Å². The van der Waals surface area contributed by atoms with Crippen LogP contribution in [0.15, 0.2) is 72.9 Å². The zero-order valence-electron chi connectivity index (χ0n) is 64.3. The average Bonchev–Trinajstić information content (AvgIpc) is 2.74. The van der Waals surface area contributed by atoms with Crippen LogP contribution in [-0.2, 0) is 32.7 Å². The lowest BCUT2D eigenvalue weighted by Crippen LogP contribution is -2.37. The largest absolute Gasteiger partial charge is 0.756 e. The second-order valence-electron chi connectivity index (χ2n) is 29.5. The van der Waals surface area contributed by atoms with E-state index in [4.69, 9.17) is 18.5 Å². The number of quaternary nitrogens is 1. The molecule has 562 valence electrons. The Kier molecular flexibility index (Phi) is 74.6. The van der Waals surface area contributed by atoms with Gasteiger partial charge in [0.2, 0.25) is 0 Å². The van der Waals surface area contributed by atoms with Gasteiger partial charge in [-0.1, -0.05) is 408 Å². The Labute approximate surface area is 597 Å². The van der Waals surface area contributed by atoms with Crippen molar-refractivity contribution >= 4 is 19.8 Å². The minimum Gasteiger partial charge on any atom is -0.756 e. The van der Waals surface area contributed by atoms with Crippen molar-refractivity contribution in [3.63, 3.8) is 0 Å². The quantitative estimate of drug-likeness (QED) is 0.0195. The summed E-state index contributed by atoms with van der Waals surface area (Å²) in [5, 5.41) is 0. The Bertz CT molecular complexity index is 1850. The lowest BCUT2D eigenvalue weighted by atomic mass is 10.0. The van der Waals surface area contributed by atoms with Crippen LogP contribution in [0.4, 0.5) is 0 Å². The van der Waals surface area contributed by atoms with Crippen LogP contribution in [0.3, 0.4) is 0 Å². The Balaban J connectivity index is 3.90. The number of nitrogens with zero attached hydrogens (tertiary/aromatic N) is 1. The van der Waals surface area contributed by atoms with Crippen molar-refractivity contribution in [3.05, 3.63) is 72.9 Å². The predicted molar refractivity (Wildman–Crippen MR) is 416 cm³/mol. The van der Waals surface area contributed by atoms with Crippen molar-refractivity contribution in [3.8, 4) is 0 Å². The van der Waals surface area contributed by atoms with Crippen LogP contribution in [0.5, 0.6) is 0 Å². The topological polar surface area (TPSA) is 111 Å². The molecule has 0 rings (SSSR count). The molecule has 0 saturated carbocycles. The lowest BCUT2D eigenvalue weighted by Gasteiger charge is -2.28. The van der Waals surface area contributed by atoms with Gasteiger partial charge in [0.25, 0.3) is 7.82 Å². The summed E-state index contributed by atoms with van der Waals surface area (Å²) in [4.78, 5) is 38.2. The molecule has 0 radical (unpaired) electrons. The maximum absolute atomic E-state index is 12.9. The van der Waals surface area contributed by atoms with Crippen LogP contribution < -0.4 is 4.89 Å². The van der Waals surface area contributed by atoms with E-state index in [1.807, 2.05) is 21.1 Å². The van der Waals surface area contributed by atoms with Gasteiger partial charge in [-0.3, -0.25) is 14.2 Å². The van der Waals surface area contributed by atoms with Crippen molar-refractivity contribution < 1.29 is 42.1 Å². The van der Waals surface area contributed by atoms with Crippen LogP contribution in [0.25, 0.3) is 0 Å². The predicted octanol–water partition coefficient (Wildman–Crippen LogP) is 27.2. The molecule has 0 spiro atoms. The van der Waals surface area contributed by atoms with Crippen molar-refractivity contribution in [1.29, 1.82) is 0 Å². The van der Waals surface area contributed by atoms with Crippen molar-refractivity contribution in [2.75, 3.05) is 47.5 Å². The molecule has 0 N–H and O–H groups in total. The van der Waals surface area contributed by atoms with E-state index in [0.29, 0.717) is 17.4 Å². The van der Waals surface area contributed by atoms with E-state index in [0.717, 1.165) is 77.0 Å². The third-order valence-corrected chi connectivity index (χ3v) is 19.7. The molecule has 10 heteroatoms. The van der Waals surface area contributed by atoms with Crippen LogP contribution in [0.2, 0.25) is 0 Å². The fraction of sp³-hybridized carbons (Fsp3) is 0.837. The van der Waals surface area contributed by atoms with Gasteiger partial charge in [0.15, 0.2) is 6.10 Å². The number of hydrogen-bond donors (Lipinski definition) is 0. The molecule has 2 unspecified atom stereocenters. The molecule has 0 aliphatic rings. The number of hydrogen-bond acceptors (Lipinski definition) is 8. The minimum atomic E-state index is -4.65. The first-order chi connectivity index (χ1) is 47.0. The maximum Gasteiger partial charge on any atom is 0.306 e. The monoisotopic (exact) mass is 1370 g/mol. The highest BCUT2D eigenvalue weighted by Crippen LogP contribution is 2.38. The Morgan fingerprint density at radius 1 is 0.333 bits per heavy atom. The number of esters is 2. The summed E-state index contributed by atoms with van der Waals surface area (Å²) in [5.41, 5.74) is 0. The van der Waals surface area contributed by atoms with Crippen LogP contribution in [0, 0.1) is 0 Å². The van der Waals surface area contributed by atoms with E-state index < -0.39 is 26.5 Å². The summed E-state index contributed by atoms with van der Waals surface area (Å²) in [6, 6.07) is 0. The number of carbonyl (C=O) groups is 2.